The highest BCUT2D eigenvalue weighted by Gasteiger charge is 2.28. The summed E-state index contributed by atoms with van der Waals surface area (Å²) in [6.07, 6.45) is 6.18. The van der Waals surface area contributed by atoms with Gasteiger partial charge in [0.25, 0.3) is 0 Å². The van der Waals surface area contributed by atoms with Crippen LogP contribution in [0.4, 0.5) is 11.4 Å². The Hall–Kier alpha value is -1.42. The van der Waals surface area contributed by atoms with Gasteiger partial charge in [-0.05, 0) is 25.3 Å². The highest BCUT2D eigenvalue weighted by atomic mass is 16.5. The smallest absolute Gasteiger partial charge is 0.123 e. The number of ether oxygens (including phenoxy) is 1. The highest BCUT2D eigenvalue weighted by Crippen LogP contribution is 2.29. The van der Waals surface area contributed by atoms with Gasteiger partial charge in [0.1, 0.15) is 5.75 Å². The lowest BCUT2D eigenvalue weighted by Crippen LogP contribution is -2.38. The van der Waals surface area contributed by atoms with Crippen molar-refractivity contribution in [3.63, 3.8) is 0 Å². The number of hydrogen-bond acceptors (Lipinski definition) is 4. The van der Waals surface area contributed by atoms with E-state index in [1.54, 1.807) is 0 Å². The summed E-state index contributed by atoms with van der Waals surface area (Å²) in [6, 6.07) is 5.65. The number of hydrogen-bond donors (Lipinski definition) is 3. The average molecular weight is 278 g/mol. The fourth-order valence-electron chi connectivity index (χ4n) is 2.68. The predicted molar refractivity (Wildman–Crippen MR) is 83.2 cm³/mol. The first-order valence-electron chi connectivity index (χ1n) is 7.61. The third kappa shape index (κ3) is 4.30. The fraction of sp³-hybridized carbons (Fsp3) is 0.625. The van der Waals surface area contributed by atoms with E-state index in [1.807, 2.05) is 18.2 Å². The highest BCUT2D eigenvalue weighted by molar-refractivity contribution is 5.59. The van der Waals surface area contributed by atoms with Gasteiger partial charge < -0.3 is 20.9 Å². The third-order valence-electron chi connectivity index (χ3n) is 3.81. The molecule has 0 heterocycles. The first kappa shape index (κ1) is 15.0. The molecule has 0 amide bonds. The number of nitrogens with one attached hydrogen (secondary N) is 1. The summed E-state index contributed by atoms with van der Waals surface area (Å²) in [4.78, 5) is 0. The molecule has 4 N–H and O–H groups in total. The number of benzene rings is 1. The van der Waals surface area contributed by atoms with E-state index in [0.29, 0.717) is 18.8 Å². The monoisotopic (exact) mass is 278 g/mol. The number of anilines is 2. The van der Waals surface area contributed by atoms with Gasteiger partial charge in [0.05, 0.1) is 12.2 Å². The molecule has 0 aliphatic heterocycles. The van der Waals surface area contributed by atoms with Crippen LogP contribution in [-0.2, 0) is 0 Å². The summed E-state index contributed by atoms with van der Waals surface area (Å²) >= 11 is 0. The molecule has 112 valence electrons. The SMILES string of the molecule is CCCOc1cc(N)cc(NCC2(O)CCCCC2)c1. The largest absolute Gasteiger partial charge is 0.493 e. The molecular weight excluding hydrogens is 252 g/mol. The molecule has 1 saturated carbocycles. The number of nitrogens with two attached hydrogens (primary N) is 1. The molecule has 2 rings (SSSR count). The van der Waals surface area contributed by atoms with E-state index in [4.69, 9.17) is 10.5 Å². The molecule has 0 radical (unpaired) electrons. The van der Waals surface area contributed by atoms with Crippen molar-refractivity contribution < 1.29 is 9.84 Å². The van der Waals surface area contributed by atoms with E-state index in [1.165, 1.54) is 6.42 Å². The van der Waals surface area contributed by atoms with Crippen molar-refractivity contribution in [3.8, 4) is 5.75 Å². The van der Waals surface area contributed by atoms with Crippen molar-refractivity contribution in [2.75, 3.05) is 24.2 Å². The van der Waals surface area contributed by atoms with Crippen molar-refractivity contribution >= 4 is 11.4 Å². The van der Waals surface area contributed by atoms with E-state index < -0.39 is 5.60 Å². The molecule has 4 nitrogen and oxygen atoms in total. The topological polar surface area (TPSA) is 67.5 Å². The lowest BCUT2D eigenvalue weighted by atomic mass is 9.85. The number of nitrogen functional groups attached to an aromatic ring is 1. The summed E-state index contributed by atoms with van der Waals surface area (Å²) < 4.78 is 5.61. The first-order valence-corrected chi connectivity index (χ1v) is 7.61. The quantitative estimate of drug-likeness (QED) is 0.699. The second-order valence-corrected chi connectivity index (χ2v) is 5.78. The maximum absolute atomic E-state index is 10.5. The van der Waals surface area contributed by atoms with Crippen LogP contribution in [0.5, 0.6) is 5.75 Å². The summed E-state index contributed by atoms with van der Waals surface area (Å²) in [7, 11) is 0. The molecule has 0 aromatic heterocycles. The van der Waals surface area contributed by atoms with Crippen molar-refractivity contribution in [1.29, 1.82) is 0 Å². The zero-order valence-electron chi connectivity index (χ0n) is 12.3. The Morgan fingerprint density at radius 1 is 1.25 bits per heavy atom. The maximum atomic E-state index is 10.5. The summed E-state index contributed by atoms with van der Waals surface area (Å²) in [5, 5.41) is 13.8. The van der Waals surface area contributed by atoms with E-state index in [9.17, 15) is 5.11 Å². The Labute approximate surface area is 121 Å². The molecule has 1 aromatic carbocycles. The molecule has 1 aliphatic rings. The molecule has 1 aliphatic carbocycles. The third-order valence-corrected chi connectivity index (χ3v) is 3.81. The van der Waals surface area contributed by atoms with E-state index in [2.05, 4.69) is 12.2 Å². The van der Waals surface area contributed by atoms with Gasteiger partial charge in [-0.1, -0.05) is 26.2 Å². The minimum absolute atomic E-state index is 0.573. The lowest BCUT2D eigenvalue weighted by Gasteiger charge is -2.32. The first-order chi connectivity index (χ1) is 9.61. The molecule has 0 spiro atoms. The fourth-order valence-corrected chi connectivity index (χ4v) is 2.68. The van der Waals surface area contributed by atoms with Crippen LogP contribution in [0.2, 0.25) is 0 Å². The average Bonchev–Trinajstić information content (AvgIpc) is 2.43. The van der Waals surface area contributed by atoms with Gasteiger partial charge in [-0.25, -0.2) is 0 Å². The van der Waals surface area contributed by atoms with E-state index in [-0.39, 0.29) is 0 Å². The molecule has 1 fully saturated rings. The van der Waals surface area contributed by atoms with Gasteiger partial charge in [-0.15, -0.1) is 0 Å². The van der Waals surface area contributed by atoms with Crippen LogP contribution in [-0.4, -0.2) is 23.9 Å². The minimum atomic E-state index is -0.576. The van der Waals surface area contributed by atoms with Crippen LogP contribution in [0, 0.1) is 0 Å². The van der Waals surface area contributed by atoms with Crippen LogP contribution in [0.3, 0.4) is 0 Å². The molecule has 20 heavy (non-hydrogen) atoms. The van der Waals surface area contributed by atoms with Crippen molar-refractivity contribution in [3.05, 3.63) is 18.2 Å². The van der Waals surface area contributed by atoms with Gasteiger partial charge >= 0.3 is 0 Å². The maximum Gasteiger partial charge on any atom is 0.123 e. The molecular formula is C16H26N2O2. The van der Waals surface area contributed by atoms with Crippen molar-refractivity contribution in [1.82, 2.24) is 0 Å². The molecule has 0 saturated heterocycles. The Bertz CT molecular complexity index is 428. The summed E-state index contributed by atoms with van der Waals surface area (Å²) in [5.41, 5.74) is 6.90. The number of rotatable bonds is 6. The van der Waals surface area contributed by atoms with Gasteiger partial charge in [0, 0.05) is 30.1 Å². The van der Waals surface area contributed by atoms with Crippen LogP contribution in [0.1, 0.15) is 45.4 Å². The number of aliphatic hydroxyl groups is 1. The second kappa shape index (κ2) is 6.84. The van der Waals surface area contributed by atoms with Gasteiger partial charge in [-0.2, -0.15) is 0 Å². The van der Waals surface area contributed by atoms with Crippen molar-refractivity contribution in [2.45, 2.75) is 51.0 Å². The van der Waals surface area contributed by atoms with Crippen LogP contribution in [0.15, 0.2) is 18.2 Å². The summed E-state index contributed by atoms with van der Waals surface area (Å²) in [6.45, 7) is 3.33. The van der Waals surface area contributed by atoms with Gasteiger partial charge in [0.15, 0.2) is 0 Å². The Balaban J connectivity index is 1.96. The second-order valence-electron chi connectivity index (χ2n) is 5.78. The molecule has 0 unspecified atom stereocenters. The van der Waals surface area contributed by atoms with Crippen molar-refractivity contribution in [2.24, 2.45) is 0 Å². The van der Waals surface area contributed by atoms with Crippen LogP contribution >= 0.6 is 0 Å². The zero-order chi connectivity index (χ0) is 14.4. The zero-order valence-corrected chi connectivity index (χ0v) is 12.3. The molecule has 0 atom stereocenters. The van der Waals surface area contributed by atoms with E-state index >= 15 is 0 Å². The van der Waals surface area contributed by atoms with Crippen LogP contribution in [0.25, 0.3) is 0 Å². The normalized spacial score (nSPS) is 17.7. The Morgan fingerprint density at radius 2 is 2.00 bits per heavy atom. The van der Waals surface area contributed by atoms with Gasteiger partial charge in [0.2, 0.25) is 0 Å². The molecule has 0 bridgehead atoms. The Kier molecular flexibility index (Phi) is 5.12. The molecule has 1 aromatic rings. The predicted octanol–water partition coefficient (Wildman–Crippen LogP) is 3.16. The molecule has 4 heteroatoms. The lowest BCUT2D eigenvalue weighted by molar-refractivity contribution is 0.0167. The summed E-state index contributed by atoms with van der Waals surface area (Å²) in [5.74, 6) is 0.782. The van der Waals surface area contributed by atoms with Gasteiger partial charge in [-0.3, -0.25) is 0 Å². The standard InChI is InChI=1S/C16H26N2O2/c1-2-8-20-15-10-13(17)9-14(11-15)18-12-16(19)6-4-3-5-7-16/h9-11,18-19H,2-8,12,17H2,1H3. The minimum Gasteiger partial charge on any atom is -0.493 e. The Morgan fingerprint density at radius 3 is 2.70 bits per heavy atom. The van der Waals surface area contributed by atoms with Crippen LogP contribution < -0.4 is 15.8 Å². The van der Waals surface area contributed by atoms with E-state index in [0.717, 1.165) is 43.5 Å².